The molecular weight excluding hydrogens is 296 g/mol. The fourth-order valence-corrected chi connectivity index (χ4v) is 0. The summed E-state index contributed by atoms with van der Waals surface area (Å²) in [7, 11) is 0. The second-order valence-electron chi connectivity index (χ2n) is 0. The van der Waals surface area contributed by atoms with E-state index in [-0.39, 0.29) is 119 Å². The maximum atomic E-state index is 0. The van der Waals surface area contributed by atoms with Crippen molar-refractivity contribution in [1.82, 2.24) is 0 Å². The Morgan fingerprint density at radius 1 is 0.750 bits per heavy atom. The van der Waals surface area contributed by atoms with Crippen LogP contribution >= 0.6 is 24.8 Å². The second kappa shape index (κ2) is 15.9. The van der Waals surface area contributed by atoms with E-state index in [4.69, 9.17) is 0 Å². The minimum absolute atomic E-state index is 0. The zero-order chi connectivity index (χ0) is 0. The Kier molecular flexibility index (Phi) is 101. The zero-order valence-electron chi connectivity index (χ0n) is 0.816. The van der Waals surface area contributed by atoms with Gasteiger partial charge in [-0.1, -0.05) is 0 Å². The molecule has 24 valence electrons. The quantitative estimate of drug-likeness (QED) is 0.504. The van der Waals surface area contributed by atoms with Gasteiger partial charge < -0.3 is 0 Å². The number of halogens is 2. The molecule has 0 fully saturated rings. The van der Waals surface area contributed by atoms with Crippen molar-refractivity contribution in [3.05, 3.63) is 0 Å². The molecule has 0 aliphatic heterocycles. The van der Waals surface area contributed by atoms with Gasteiger partial charge in [0.15, 0.2) is 0 Å². The van der Waals surface area contributed by atoms with Crippen molar-refractivity contribution < 1.29 is 0 Å². The summed E-state index contributed by atoms with van der Waals surface area (Å²) >= 11 is 0. The molecule has 0 rings (SSSR count). The first-order valence-electron chi connectivity index (χ1n) is 0. The second-order valence-corrected chi connectivity index (χ2v) is 0. The molecule has 0 spiro atoms. The van der Waals surface area contributed by atoms with Gasteiger partial charge in [-0.15, -0.1) is 24.8 Å². The van der Waals surface area contributed by atoms with E-state index in [1.165, 1.54) is 0 Å². The molecule has 0 atom stereocenters. The molecule has 4 heteroatoms. The molecule has 0 unspecified atom stereocenters. The average Bonchev–Trinajstić information content (AvgIpc) is 0. The Morgan fingerprint density at radius 3 is 0.750 bits per heavy atom. The van der Waals surface area contributed by atoms with Crippen molar-refractivity contribution >= 4 is 119 Å². The maximum absolute atomic E-state index is 0. The molecule has 0 nitrogen and oxygen atoms in total. The van der Waals surface area contributed by atoms with Gasteiger partial charge in [-0.3, -0.25) is 0 Å². The fraction of sp³-hybridized carbons (Fsp3) is 0. The number of hydrogen-bond donors (Lipinski definition) is 0. The van der Waals surface area contributed by atoms with Crippen LogP contribution in [0.15, 0.2) is 0 Å². The van der Waals surface area contributed by atoms with Crippen LogP contribution in [0.2, 0.25) is 0 Å². The van der Waals surface area contributed by atoms with E-state index in [9.17, 15) is 0 Å². The topological polar surface area (TPSA) is 0 Å². The molecule has 0 amide bonds. The van der Waals surface area contributed by atoms with Gasteiger partial charge in [-0.05, 0) is 0 Å². The van der Waals surface area contributed by atoms with Crippen molar-refractivity contribution in [3.63, 3.8) is 0 Å². The Balaban J connectivity index is 0. The summed E-state index contributed by atoms with van der Waals surface area (Å²) in [6.07, 6.45) is 0. The van der Waals surface area contributed by atoms with E-state index in [0.29, 0.717) is 0 Å². The predicted octanol–water partition coefficient (Wildman–Crippen LogP) is -0.989. The van der Waals surface area contributed by atoms with Crippen molar-refractivity contribution in [2.75, 3.05) is 0 Å². The first kappa shape index (κ1) is 25.4. The van der Waals surface area contributed by atoms with E-state index < -0.39 is 0 Å². The summed E-state index contributed by atoms with van der Waals surface area (Å²) in [5.74, 6) is 0. The standard InChI is InChI=1S/Ba.2ClH.Sr.4H/h;2*1H;;;;;. The van der Waals surface area contributed by atoms with Crippen LogP contribution in [-0.2, 0) is 0 Å². The van der Waals surface area contributed by atoms with Gasteiger partial charge in [-0.2, -0.15) is 0 Å². The van der Waals surface area contributed by atoms with E-state index >= 15 is 0 Å². The van der Waals surface area contributed by atoms with Crippen LogP contribution in [0.1, 0.15) is 0 Å². The summed E-state index contributed by atoms with van der Waals surface area (Å²) in [6, 6.07) is 0. The van der Waals surface area contributed by atoms with Gasteiger partial charge in [0.2, 0.25) is 0 Å². The molecule has 0 aromatic heterocycles. The van der Waals surface area contributed by atoms with Crippen LogP contribution in [0.5, 0.6) is 0 Å². The predicted molar refractivity (Wildman–Crippen MR) is 31.6 cm³/mol. The Labute approximate surface area is 116 Å². The third kappa shape index (κ3) is 9.16. The van der Waals surface area contributed by atoms with Crippen LogP contribution < -0.4 is 0 Å². The van der Waals surface area contributed by atoms with Crippen LogP contribution in [0.4, 0.5) is 0 Å². The number of hydrogen-bond acceptors (Lipinski definition) is 0. The first-order chi connectivity index (χ1) is 0. The minimum atomic E-state index is 0. The summed E-state index contributed by atoms with van der Waals surface area (Å²) in [5, 5.41) is 0. The van der Waals surface area contributed by atoms with Gasteiger partial charge in [0, 0.05) is 0 Å². The first-order valence-corrected chi connectivity index (χ1v) is 0. The molecule has 0 saturated carbocycles. The molecular formula is H6BaCl2Sr. The van der Waals surface area contributed by atoms with Gasteiger partial charge in [0.1, 0.15) is 0 Å². The monoisotopic (exact) mass is 302 g/mol. The van der Waals surface area contributed by atoms with Crippen LogP contribution in [0.3, 0.4) is 0 Å². The molecule has 0 aromatic rings. The van der Waals surface area contributed by atoms with Crippen LogP contribution in [0.25, 0.3) is 0 Å². The Morgan fingerprint density at radius 2 is 0.750 bits per heavy atom. The molecule has 0 heterocycles. The van der Waals surface area contributed by atoms with Crippen LogP contribution in [-0.4, -0.2) is 94.4 Å². The summed E-state index contributed by atoms with van der Waals surface area (Å²) in [4.78, 5) is 0. The van der Waals surface area contributed by atoms with E-state index in [1.807, 2.05) is 0 Å². The van der Waals surface area contributed by atoms with Crippen molar-refractivity contribution in [2.45, 2.75) is 0 Å². The molecule has 0 radical (unpaired) electrons. The number of rotatable bonds is 0. The Hall–Kier alpha value is 3.63. The molecule has 4 heavy (non-hydrogen) atoms. The fourth-order valence-electron chi connectivity index (χ4n) is 0. The normalized spacial score (nSPS) is 0. The molecule has 0 aliphatic rings. The molecule has 0 N–H and O–H groups in total. The Bertz CT molecular complexity index is 6.00. The van der Waals surface area contributed by atoms with Crippen LogP contribution in [0, 0.1) is 0 Å². The average molecular weight is 302 g/mol. The van der Waals surface area contributed by atoms with E-state index in [2.05, 4.69) is 0 Å². The van der Waals surface area contributed by atoms with Gasteiger partial charge in [0.25, 0.3) is 0 Å². The van der Waals surface area contributed by atoms with Gasteiger partial charge in [0.05, 0.1) is 0 Å². The summed E-state index contributed by atoms with van der Waals surface area (Å²) < 4.78 is 0. The van der Waals surface area contributed by atoms with Gasteiger partial charge >= 0.3 is 94.4 Å². The summed E-state index contributed by atoms with van der Waals surface area (Å²) in [6.45, 7) is 0. The zero-order valence-corrected chi connectivity index (χ0v) is 2.45. The van der Waals surface area contributed by atoms with E-state index in [0.717, 1.165) is 0 Å². The van der Waals surface area contributed by atoms with Crippen molar-refractivity contribution in [2.24, 2.45) is 0 Å². The summed E-state index contributed by atoms with van der Waals surface area (Å²) in [5.41, 5.74) is 0. The van der Waals surface area contributed by atoms with E-state index in [1.54, 1.807) is 0 Å². The third-order valence-electron chi connectivity index (χ3n) is 0. The van der Waals surface area contributed by atoms with Gasteiger partial charge in [-0.25, -0.2) is 0 Å². The third-order valence-corrected chi connectivity index (χ3v) is 0. The molecule has 0 aliphatic carbocycles. The SMILES string of the molecule is Cl.Cl.[BaH2].[SrH2]. The molecule has 0 saturated heterocycles. The molecule has 0 aromatic carbocycles. The molecule has 0 bridgehead atoms. The van der Waals surface area contributed by atoms with Crippen molar-refractivity contribution in [1.29, 1.82) is 0 Å². The van der Waals surface area contributed by atoms with Crippen molar-refractivity contribution in [3.8, 4) is 0 Å².